The predicted molar refractivity (Wildman–Crippen MR) is 79.0 cm³/mol. The van der Waals surface area contributed by atoms with Gasteiger partial charge in [0.1, 0.15) is 5.82 Å². The zero-order chi connectivity index (χ0) is 15.6. The molecule has 8 heteroatoms. The van der Waals surface area contributed by atoms with Gasteiger partial charge < -0.3 is 5.73 Å². The molecule has 0 aliphatic heterocycles. The normalized spacial score (nSPS) is 12.1. The molecule has 0 bridgehead atoms. The summed E-state index contributed by atoms with van der Waals surface area (Å²) in [5, 5.41) is 11.2. The zero-order valence-corrected chi connectivity index (χ0v) is 12.2. The molecule has 0 saturated heterocycles. The van der Waals surface area contributed by atoms with E-state index in [1.54, 1.807) is 0 Å². The number of nitrogens with two attached hydrogens (primary N) is 1. The summed E-state index contributed by atoms with van der Waals surface area (Å²) >= 11 is 5.80. The number of benzene rings is 2. The predicted octanol–water partition coefficient (Wildman–Crippen LogP) is 3.28. The third kappa shape index (κ3) is 3.56. The number of nitro groups is 1. The number of nitrogens with zero attached hydrogens (tertiary/aromatic N) is 1. The Kier molecular flexibility index (Phi) is 4.54. The monoisotopic (exact) mass is 328 g/mol. The van der Waals surface area contributed by atoms with Gasteiger partial charge in [0.2, 0.25) is 0 Å². The Morgan fingerprint density at radius 2 is 2.00 bits per heavy atom. The molecule has 0 radical (unpaired) electrons. The maximum atomic E-state index is 13.2. The fraction of sp³-hybridized carbons (Fsp3) is 0.0769. The molecule has 21 heavy (non-hydrogen) atoms. The molecule has 0 aromatic heterocycles. The van der Waals surface area contributed by atoms with Gasteiger partial charge in [-0.3, -0.25) is 14.3 Å². The van der Waals surface area contributed by atoms with E-state index in [1.807, 2.05) is 0 Å². The van der Waals surface area contributed by atoms with Crippen LogP contribution in [0.4, 0.5) is 15.8 Å². The lowest BCUT2D eigenvalue weighted by Gasteiger charge is -2.07. The van der Waals surface area contributed by atoms with E-state index < -0.39 is 21.5 Å². The molecule has 0 saturated carbocycles. The number of hydrogen-bond acceptors (Lipinski definition) is 4. The molecular formula is C13H10ClFN2O3S. The molecule has 0 fully saturated rings. The highest BCUT2D eigenvalue weighted by Crippen LogP contribution is 2.27. The van der Waals surface area contributed by atoms with E-state index in [1.165, 1.54) is 24.3 Å². The smallest absolute Gasteiger partial charge is 0.273 e. The van der Waals surface area contributed by atoms with Crippen LogP contribution in [0.5, 0.6) is 0 Å². The van der Waals surface area contributed by atoms with Gasteiger partial charge in [-0.1, -0.05) is 11.6 Å². The van der Waals surface area contributed by atoms with E-state index in [0.717, 1.165) is 12.1 Å². The molecule has 0 amide bonds. The van der Waals surface area contributed by atoms with E-state index in [9.17, 15) is 18.7 Å². The van der Waals surface area contributed by atoms with Crippen LogP contribution in [0.25, 0.3) is 0 Å². The fourth-order valence-electron chi connectivity index (χ4n) is 1.77. The zero-order valence-electron chi connectivity index (χ0n) is 10.6. The third-order valence-electron chi connectivity index (χ3n) is 2.75. The van der Waals surface area contributed by atoms with Crippen molar-refractivity contribution in [2.75, 3.05) is 5.73 Å². The quantitative estimate of drug-likeness (QED) is 0.530. The molecule has 2 aromatic carbocycles. The van der Waals surface area contributed by atoms with E-state index >= 15 is 0 Å². The molecule has 5 nitrogen and oxygen atoms in total. The Morgan fingerprint density at radius 3 is 2.67 bits per heavy atom. The minimum absolute atomic E-state index is 0.101. The number of nitro benzene ring substituents is 1. The van der Waals surface area contributed by atoms with Gasteiger partial charge in [-0.15, -0.1) is 0 Å². The van der Waals surface area contributed by atoms with Crippen LogP contribution >= 0.6 is 11.6 Å². The standard InChI is InChI=1S/C13H10ClFN2O3S/c14-9-1-4-12(17(18)19)8(5-9)7-21(20)13-6-10(15)2-3-11(13)16/h1-6H,7,16H2. The van der Waals surface area contributed by atoms with Crippen molar-refractivity contribution in [1.82, 2.24) is 0 Å². The summed E-state index contributed by atoms with van der Waals surface area (Å²) in [6, 6.07) is 7.49. The molecule has 1 unspecified atom stereocenters. The first kappa shape index (κ1) is 15.4. The summed E-state index contributed by atoms with van der Waals surface area (Å²) in [4.78, 5) is 10.5. The van der Waals surface area contributed by atoms with Crippen LogP contribution < -0.4 is 5.73 Å². The number of anilines is 1. The number of nitrogen functional groups attached to an aromatic ring is 1. The van der Waals surface area contributed by atoms with Crippen LogP contribution in [0.3, 0.4) is 0 Å². The van der Waals surface area contributed by atoms with E-state index in [4.69, 9.17) is 17.3 Å². The first-order chi connectivity index (χ1) is 9.88. The largest absolute Gasteiger partial charge is 0.398 e. The van der Waals surface area contributed by atoms with Crippen molar-refractivity contribution in [2.45, 2.75) is 10.6 Å². The number of hydrogen-bond donors (Lipinski definition) is 1. The van der Waals surface area contributed by atoms with Crippen LogP contribution in [0.2, 0.25) is 5.02 Å². The summed E-state index contributed by atoms with van der Waals surface area (Å²) in [7, 11) is -1.72. The average molecular weight is 329 g/mol. The second-order valence-electron chi connectivity index (χ2n) is 4.20. The van der Waals surface area contributed by atoms with E-state index in [-0.39, 0.29) is 27.6 Å². The molecule has 2 aromatic rings. The minimum atomic E-state index is -1.72. The Labute approximate surface area is 127 Å². The highest BCUT2D eigenvalue weighted by Gasteiger charge is 2.18. The summed E-state index contributed by atoms with van der Waals surface area (Å²) in [5.74, 6) is -0.752. The summed E-state index contributed by atoms with van der Waals surface area (Å²) in [6.45, 7) is 0. The Bertz CT molecular complexity index is 739. The summed E-state index contributed by atoms with van der Waals surface area (Å²) in [6.07, 6.45) is 0. The van der Waals surface area contributed by atoms with Crippen LogP contribution in [0, 0.1) is 15.9 Å². The van der Waals surface area contributed by atoms with E-state index in [0.29, 0.717) is 5.02 Å². The molecule has 0 spiro atoms. The molecule has 110 valence electrons. The number of rotatable bonds is 4. The Morgan fingerprint density at radius 1 is 1.29 bits per heavy atom. The molecular weight excluding hydrogens is 319 g/mol. The molecule has 0 aliphatic rings. The Hall–Kier alpha value is -1.99. The first-order valence-corrected chi connectivity index (χ1v) is 7.44. The lowest BCUT2D eigenvalue weighted by atomic mass is 10.2. The highest BCUT2D eigenvalue weighted by molar-refractivity contribution is 7.84. The fourth-order valence-corrected chi connectivity index (χ4v) is 3.21. The lowest BCUT2D eigenvalue weighted by molar-refractivity contribution is -0.385. The van der Waals surface area contributed by atoms with Gasteiger partial charge in [0.15, 0.2) is 0 Å². The highest BCUT2D eigenvalue weighted by atomic mass is 35.5. The van der Waals surface area contributed by atoms with Crippen LogP contribution in [-0.4, -0.2) is 9.13 Å². The lowest BCUT2D eigenvalue weighted by Crippen LogP contribution is -2.04. The third-order valence-corrected chi connectivity index (χ3v) is 4.40. The van der Waals surface area contributed by atoms with Crippen LogP contribution in [0.15, 0.2) is 41.3 Å². The van der Waals surface area contributed by atoms with Gasteiger partial charge in [0, 0.05) is 22.3 Å². The van der Waals surface area contributed by atoms with Crippen LogP contribution in [-0.2, 0) is 16.6 Å². The van der Waals surface area contributed by atoms with Gasteiger partial charge in [0.05, 0.1) is 26.4 Å². The maximum absolute atomic E-state index is 13.2. The second kappa shape index (κ2) is 6.19. The maximum Gasteiger partial charge on any atom is 0.273 e. The summed E-state index contributed by atoms with van der Waals surface area (Å²) < 4.78 is 25.5. The summed E-state index contributed by atoms with van der Waals surface area (Å²) in [5.41, 5.74) is 5.83. The van der Waals surface area contributed by atoms with E-state index in [2.05, 4.69) is 0 Å². The van der Waals surface area contributed by atoms with Crippen molar-refractivity contribution in [1.29, 1.82) is 0 Å². The van der Waals surface area contributed by atoms with Crippen molar-refractivity contribution in [2.24, 2.45) is 0 Å². The van der Waals surface area contributed by atoms with Gasteiger partial charge in [0.25, 0.3) is 5.69 Å². The average Bonchev–Trinajstić information content (AvgIpc) is 2.41. The number of halogens is 2. The molecule has 0 heterocycles. The molecule has 1 atom stereocenters. The Balaban J connectivity index is 2.38. The topological polar surface area (TPSA) is 86.2 Å². The SMILES string of the molecule is Nc1ccc(F)cc1S(=O)Cc1cc(Cl)ccc1[N+](=O)[O-]. The van der Waals surface area contributed by atoms with Gasteiger partial charge >= 0.3 is 0 Å². The van der Waals surface area contributed by atoms with Crippen molar-refractivity contribution in [3.8, 4) is 0 Å². The van der Waals surface area contributed by atoms with Crippen molar-refractivity contribution < 1.29 is 13.5 Å². The second-order valence-corrected chi connectivity index (χ2v) is 6.06. The molecule has 2 N–H and O–H groups in total. The van der Waals surface area contributed by atoms with Crippen LogP contribution in [0.1, 0.15) is 5.56 Å². The van der Waals surface area contributed by atoms with Gasteiger partial charge in [-0.05, 0) is 30.3 Å². The molecule has 0 aliphatic carbocycles. The molecule has 2 rings (SSSR count). The van der Waals surface area contributed by atoms with Gasteiger partial charge in [-0.25, -0.2) is 4.39 Å². The van der Waals surface area contributed by atoms with Crippen molar-refractivity contribution >= 4 is 33.8 Å². The van der Waals surface area contributed by atoms with Crippen molar-refractivity contribution in [3.63, 3.8) is 0 Å². The first-order valence-electron chi connectivity index (χ1n) is 5.74. The van der Waals surface area contributed by atoms with Crippen molar-refractivity contribution in [3.05, 3.63) is 62.9 Å². The minimum Gasteiger partial charge on any atom is -0.398 e. The van der Waals surface area contributed by atoms with Gasteiger partial charge in [-0.2, -0.15) is 0 Å².